The largest absolute Gasteiger partial charge is 0.388 e. The van der Waals surface area contributed by atoms with E-state index in [1.807, 2.05) is 36.6 Å². The van der Waals surface area contributed by atoms with Crippen molar-refractivity contribution >= 4 is 11.3 Å². The molecule has 0 radical (unpaired) electrons. The van der Waals surface area contributed by atoms with Gasteiger partial charge in [0.25, 0.3) is 0 Å². The first-order chi connectivity index (χ1) is 7.25. The standard InChI is InChI=1S/C12H13NOS/c1-9-2-4-10(5-3-9)11(14)8-12-13-6-7-15-12/h2-7,11,14H,8H2,1H3. The van der Waals surface area contributed by atoms with Crippen LogP contribution in [0, 0.1) is 6.92 Å². The summed E-state index contributed by atoms with van der Waals surface area (Å²) in [6.07, 6.45) is 1.92. The molecule has 2 nitrogen and oxygen atoms in total. The van der Waals surface area contributed by atoms with Crippen molar-refractivity contribution in [3.8, 4) is 0 Å². The van der Waals surface area contributed by atoms with Crippen LogP contribution in [0.1, 0.15) is 22.2 Å². The summed E-state index contributed by atoms with van der Waals surface area (Å²) in [6, 6.07) is 7.96. The van der Waals surface area contributed by atoms with E-state index in [0.29, 0.717) is 6.42 Å². The van der Waals surface area contributed by atoms with E-state index in [-0.39, 0.29) is 0 Å². The number of hydrogen-bond acceptors (Lipinski definition) is 3. The van der Waals surface area contributed by atoms with Crippen molar-refractivity contribution in [2.45, 2.75) is 19.4 Å². The summed E-state index contributed by atoms with van der Waals surface area (Å²) in [6.45, 7) is 2.04. The number of thiazole rings is 1. The molecule has 0 amide bonds. The van der Waals surface area contributed by atoms with Gasteiger partial charge in [-0.15, -0.1) is 11.3 Å². The molecule has 1 N–H and O–H groups in total. The molecule has 0 aliphatic rings. The van der Waals surface area contributed by atoms with E-state index in [2.05, 4.69) is 4.98 Å². The first-order valence-electron chi connectivity index (χ1n) is 4.89. The molecule has 3 heteroatoms. The average molecular weight is 219 g/mol. The molecule has 2 aromatic rings. The summed E-state index contributed by atoms with van der Waals surface area (Å²) in [4.78, 5) is 4.16. The van der Waals surface area contributed by atoms with Crippen molar-refractivity contribution in [1.82, 2.24) is 4.98 Å². The van der Waals surface area contributed by atoms with E-state index >= 15 is 0 Å². The number of hydrogen-bond donors (Lipinski definition) is 1. The van der Waals surface area contributed by atoms with Crippen molar-refractivity contribution in [2.75, 3.05) is 0 Å². The van der Waals surface area contributed by atoms with Gasteiger partial charge in [0.1, 0.15) is 0 Å². The molecule has 15 heavy (non-hydrogen) atoms. The first kappa shape index (κ1) is 10.3. The fourth-order valence-corrected chi connectivity index (χ4v) is 2.08. The molecular weight excluding hydrogens is 206 g/mol. The van der Waals surface area contributed by atoms with Crippen molar-refractivity contribution in [3.63, 3.8) is 0 Å². The Balaban J connectivity index is 2.08. The molecular formula is C12H13NOS. The van der Waals surface area contributed by atoms with Gasteiger partial charge in [-0.3, -0.25) is 0 Å². The first-order valence-corrected chi connectivity index (χ1v) is 5.76. The molecule has 1 heterocycles. The quantitative estimate of drug-likeness (QED) is 0.861. The van der Waals surface area contributed by atoms with Crippen LogP contribution in [0.4, 0.5) is 0 Å². The van der Waals surface area contributed by atoms with E-state index in [0.717, 1.165) is 10.6 Å². The van der Waals surface area contributed by atoms with Crippen LogP contribution in [0.5, 0.6) is 0 Å². The Morgan fingerprint density at radius 2 is 2.07 bits per heavy atom. The molecule has 1 atom stereocenters. The highest BCUT2D eigenvalue weighted by Gasteiger charge is 2.09. The fourth-order valence-electron chi connectivity index (χ4n) is 1.43. The lowest BCUT2D eigenvalue weighted by Gasteiger charge is -2.09. The summed E-state index contributed by atoms with van der Waals surface area (Å²) >= 11 is 1.58. The molecule has 0 spiro atoms. The predicted molar refractivity (Wildman–Crippen MR) is 62.0 cm³/mol. The van der Waals surface area contributed by atoms with Crippen molar-refractivity contribution in [1.29, 1.82) is 0 Å². The Hall–Kier alpha value is -1.19. The van der Waals surface area contributed by atoms with Gasteiger partial charge in [-0.25, -0.2) is 4.98 Å². The monoisotopic (exact) mass is 219 g/mol. The highest BCUT2D eigenvalue weighted by Crippen LogP contribution is 2.19. The maximum absolute atomic E-state index is 9.95. The smallest absolute Gasteiger partial charge is 0.0954 e. The lowest BCUT2D eigenvalue weighted by molar-refractivity contribution is 0.178. The maximum Gasteiger partial charge on any atom is 0.0954 e. The van der Waals surface area contributed by atoms with Crippen molar-refractivity contribution < 1.29 is 5.11 Å². The van der Waals surface area contributed by atoms with Gasteiger partial charge in [0.15, 0.2) is 0 Å². The molecule has 2 rings (SSSR count). The summed E-state index contributed by atoms with van der Waals surface area (Å²) < 4.78 is 0. The third kappa shape index (κ3) is 2.64. The third-order valence-electron chi connectivity index (χ3n) is 2.31. The van der Waals surface area contributed by atoms with E-state index in [1.54, 1.807) is 17.5 Å². The lowest BCUT2D eigenvalue weighted by atomic mass is 10.1. The van der Waals surface area contributed by atoms with E-state index < -0.39 is 6.10 Å². The molecule has 0 aliphatic carbocycles. The van der Waals surface area contributed by atoms with Crippen molar-refractivity contribution in [2.24, 2.45) is 0 Å². The molecule has 0 saturated heterocycles. The molecule has 1 unspecified atom stereocenters. The van der Waals surface area contributed by atoms with Crippen LogP contribution in [0.3, 0.4) is 0 Å². The van der Waals surface area contributed by atoms with Gasteiger partial charge in [-0.2, -0.15) is 0 Å². The number of aryl methyl sites for hydroxylation is 1. The minimum Gasteiger partial charge on any atom is -0.388 e. The van der Waals surface area contributed by atoms with Crippen LogP contribution in [-0.2, 0) is 6.42 Å². The zero-order chi connectivity index (χ0) is 10.7. The minimum absolute atomic E-state index is 0.447. The number of rotatable bonds is 3. The van der Waals surface area contributed by atoms with E-state index in [1.165, 1.54) is 5.56 Å². The van der Waals surface area contributed by atoms with Gasteiger partial charge in [0, 0.05) is 18.0 Å². The zero-order valence-corrected chi connectivity index (χ0v) is 9.37. The third-order valence-corrected chi connectivity index (χ3v) is 3.12. The zero-order valence-electron chi connectivity index (χ0n) is 8.55. The van der Waals surface area contributed by atoms with Gasteiger partial charge in [0.2, 0.25) is 0 Å². The van der Waals surface area contributed by atoms with Gasteiger partial charge < -0.3 is 5.11 Å². The number of aliphatic hydroxyl groups is 1. The van der Waals surface area contributed by atoms with Gasteiger partial charge in [0.05, 0.1) is 11.1 Å². The minimum atomic E-state index is -0.447. The maximum atomic E-state index is 9.95. The highest BCUT2D eigenvalue weighted by molar-refractivity contribution is 7.09. The molecule has 0 fully saturated rings. The second-order valence-electron chi connectivity index (χ2n) is 3.56. The Kier molecular flexibility index (Phi) is 3.14. The van der Waals surface area contributed by atoms with Crippen LogP contribution in [0.15, 0.2) is 35.8 Å². The van der Waals surface area contributed by atoms with Crippen LogP contribution >= 0.6 is 11.3 Å². The summed E-state index contributed by atoms with van der Waals surface area (Å²) in [5.74, 6) is 0. The lowest BCUT2D eigenvalue weighted by Crippen LogP contribution is -2.01. The second kappa shape index (κ2) is 4.55. The normalized spacial score (nSPS) is 12.7. The fraction of sp³-hybridized carbons (Fsp3) is 0.250. The van der Waals surface area contributed by atoms with Crippen LogP contribution in [0.25, 0.3) is 0 Å². The molecule has 0 aliphatic heterocycles. The average Bonchev–Trinajstić information content (AvgIpc) is 2.71. The molecule has 0 saturated carbocycles. The predicted octanol–water partition coefficient (Wildman–Crippen LogP) is 2.73. The van der Waals surface area contributed by atoms with Gasteiger partial charge >= 0.3 is 0 Å². The Labute approximate surface area is 93.2 Å². The van der Waals surface area contributed by atoms with Gasteiger partial charge in [-0.05, 0) is 12.5 Å². The van der Waals surface area contributed by atoms with Crippen LogP contribution in [0.2, 0.25) is 0 Å². The number of aromatic nitrogens is 1. The van der Waals surface area contributed by atoms with Gasteiger partial charge in [-0.1, -0.05) is 29.8 Å². The second-order valence-corrected chi connectivity index (χ2v) is 4.54. The molecule has 0 bridgehead atoms. The SMILES string of the molecule is Cc1ccc(C(O)Cc2nccs2)cc1. The van der Waals surface area contributed by atoms with Crippen LogP contribution in [-0.4, -0.2) is 10.1 Å². The Bertz CT molecular complexity index is 408. The molecule has 78 valence electrons. The van der Waals surface area contributed by atoms with E-state index in [9.17, 15) is 5.11 Å². The topological polar surface area (TPSA) is 33.1 Å². The number of benzene rings is 1. The van der Waals surface area contributed by atoms with Crippen LogP contribution < -0.4 is 0 Å². The summed E-state index contributed by atoms with van der Waals surface area (Å²) in [5.41, 5.74) is 2.16. The molecule has 1 aromatic carbocycles. The molecule has 1 aromatic heterocycles. The Morgan fingerprint density at radius 3 is 2.67 bits per heavy atom. The number of nitrogens with zero attached hydrogens (tertiary/aromatic N) is 1. The van der Waals surface area contributed by atoms with E-state index in [4.69, 9.17) is 0 Å². The number of aliphatic hydroxyl groups excluding tert-OH is 1. The summed E-state index contributed by atoms with van der Waals surface area (Å²) in [5, 5.41) is 12.9. The van der Waals surface area contributed by atoms with Crippen molar-refractivity contribution in [3.05, 3.63) is 52.0 Å². The highest BCUT2D eigenvalue weighted by atomic mass is 32.1. The summed E-state index contributed by atoms with van der Waals surface area (Å²) in [7, 11) is 0. The Morgan fingerprint density at radius 1 is 1.33 bits per heavy atom.